The predicted octanol–water partition coefficient (Wildman–Crippen LogP) is 1.67. The molecule has 1 amide bonds. The second-order valence-corrected chi connectivity index (χ2v) is 6.88. The van der Waals surface area contributed by atoms with Crippen molar-refractivity contribution in [3.63, 3.8) is 0 Å². The van der Waals surface area contributed by atoms with Crippen LogP contribution < -0.4 is 5.56 Å². The Balaban J connectivity index is 1.56. The molecule has 0 bridgehead atoms. The van der Waals surface area contributed by atoms with Crippen LogP contribution in [0.2, 0.25) is 0 Å². The quantitative estimate of drug-likeness (QED) is 0.899. The molecule has 0 aliphatic carbocycles. The van der Waals surface area contributed by atoms with E-state index in [0.29, 0.717) is 17.2 Å². The highest BCUT2D eigenvalue weighted by Crippen LogP contribution is 2.20. The van der Waals surface area contributed by atoms with E-state index in [1.807, 2.05) is 17.2 Å². The van der Waals surface area contributed by atoms with Crippen LogP contribution in [-0.2, 0) is 6.54 Å². The van der Waals surface area contributed by atoms with Crippen LogP contribution in [0.1, 0.15) is 28.0 Å². The van der Waals surface area contributed by atoms with Gasteiger partial charge in [0.15, 0.2) is 0 Å². The lowest BCUT2D eigenvalue weighted by Crippen LogP contribution is -2.32. The van der Waals surface area contributed by atoms with E-state index >= 15 is 0 Å². The molecule has 0 saturated carbocycles. The van der Waals surface area contributed by atoms with Crippen LogP contribution in [0.25, 0.3) is 0 Å². The first-order valence-electron chi connectivity index (χ1n) is 8.59. The van der Waals surface area contributed by atoms with Gasteiger partial charge in [0.05, 0.1) is 0 Å². The van der Waals surface area contributed by atoms with E-state index in [-0.39, 0.29) is 11.5 Å². The number of hydrogen-bond acceptors (Lipinski definition) is 4. The molecule has 3 heterocycles. The van der Waals surface area contributed by atoms with Gasteiger partial charge in [0.1, 0.15) is 0 Å². The second kappa shape index (κ2) is 7.61. The number of pyridine rings is 2. The summed E-state index contributed by atoms with van der Waals surface area (Å²) < 4.78 is 0. The normalized spacial score (nSPS) is 17.2. The number of likely N-dealkylation sites (tertiary alicyclic amines) is 1. The summed E-state index contributed by atoms with van der Waals surface area (Å²) in [6.07, 6.45) is 4.65. The van der Waals surface area contributed by atoms with Crippen molar-refractivity contribution < 1.29 is 4.79 Å². The van der Waals surface area contributed by atoms with Crippen molar-refractivity contribution in [2.75, 3.05) is 26.7 Å². The van der Waals surface area contributed by atoms with Crippen molar-refractivity contribution in [1.82, 2.24) is 19.8 Å². The van der Waals surface area contributed by atoms with Gasteiger partial charge in [-0.2, -0.15) is 0 Å². The van der Waals surface area contributed by atoms with Crippen molar-refractivity contribution in [2.24, 2.45) is 5.92 Å². The maximum absolute atomic E-state index is 12.6. The fourth-order valence-corrected chi connectivity index (χ4v) is 3.46. The lowest BCUT2D eigenvalue weighted by Gasteiger charge is -2.21. The van der Waals surface area contributed by atoms with E-state index in [1.54, 1.807) is 19.2 Å². The van der Waals surface area contributed by atoms with Crippen molar-refractivity contribution in [2.45, 2.75) is 19.9 Å². The maximum atomic E-state index is 12.6. The third kappa shape index (κ3) is 4.54. The molecule has 2 aromatic rings. The van der Waals surface area contributed by atoms with Gasteiger partial charge in [0.25, 0.3) is 5.91 Å². The standard InChI is InChI=1S/C19H24N4O2/c1-14-8-17(9-18(24)21-14)19(25)23-7-5-16(13-23)12-22(2)11-15-4-3-6-20-10-15/h3-4,6,8-10,16H,5,7,11-13H2,1-2H3,(H,21,24). The smallest absolute Gasteiger partial charge is 0.254 e. The summed E-state index contributed by atoms with van der Waals surface area (Å²) in [4.78, 5) is 35.2. The molecule has 0 radical (unpaired) electrons. The molecular weight excluding hydrogens is 316 g/mol. The number of nitrogens with zero attached hydrogens (tertiary/aromatic N) is 3. The Bertz CT molecular complexity index is 788. The summed E-state index contributed by atoms with van der Waals surface area (Å²) in [7, 11) is 2.09. The van der Waals surface area contributed by atoms with Crippen molar-refractivity contribution in [3.8, 4) is 0 Å². The Kier molecular flexibility index (Phi) is 5.28. The lowest BCUT2D eigenvalue weighted by atomic mass is 10.1. The summed E-state index contributed by atoms with van der Waals surface area (Å²) in [6, 6.07) is 7.15. The number of amides is 1. The topological polar surface area (TPSA) is 69.3 Å². The Morgan fingerprint density at radius 3 is 3.00 bits per heavy atom. The Morgan fingerprint density at radius 1 is 1.44 bits per heavy atom. The molecular formula is C19H24N4O2. The van der Waals surface area contributed by atoms with E-state index in [0.717, 1.165) is 32.6 Å². The van der Waals surface area contributed by atoms with E-state index in [9.17, 15) is 9.59 Å². The Labute approximate surface area is 147 Å². The van der Waals surface area contributed by atoms with Crippen LogP contribution in [0, 0.1) is 12.8 Å². The third-order valence-electron chi connectivity index (χ3n) is 4.54. The van der Waals surface area contributed by atoms with Gasteiger partial charge in [-0.3, -0.25) is 14.6 Å². The van der Waals surface area contributed by atoms with E-state index in [1.165, 1.54) is 11.6 Å². The SMILES string of the molecule is Cc1cc(C(=O)N2CCC(CN(C)Cc3cccnc3)C2)cc(=O)[nH]1. The number of aromatic amines is 1. The van der Waals surface area contributed by atoms with Crippen LogP contribution >= 0.6 is 0 Å². The van der Waals surface area contributed by atoms with Gasteiger partial charge in [-0.1, -0.05) is 6.07 Å². The number of aromatic nitrogens is 2. The van der Waals surface area contributed by atoms with Gasteiger partial charge >= 0.3 is 0 Å². The van der Waals surface area contributed by atoms with E-state index < -0.39 is 0 Å². The summed E-state index contributed by atoms with van der Waals surface area (Å²) in [6.45, 7) is 5.06. The maximum Gasteiger partial charge on any atom is 0.254 e. The van der Waals surface area contributed by atoms with Crippen LogP contribution in [0.3, 0.4) is 0 Å². The van der Waals surface area contributed by atoms with E-state index in [4.69, 9.17) is 0 Å². The molecule has 3 rings (SSSR count). The number of nitrogens with one attached hydrogen (secondary N) is 1. The fourth-order valence-electron chi connectivity index (χ4n) is 3.46. The molecule has 25 heavy (non-hydrogen) atoms. The van der Waals surface area contributed by atoms with Gasteiger partial charge in [-0.05, 0) is 44.0 Å². The highest BCUT2D eigenvalue weighted by atomic mass is 16.2. The lowest BCUT2D eigenvalue weighted by molar-refractivity contribution is 0.0783. The van der Waals surface area contributed by atoms with Crippen LogP contribution in [-0.4, -0.2) is 52.4 Å². The van der Waals surface area contributed by atoms with Crippen molar-refractivity contribution >= 4 is 5.91 Å². The molecule has 1 saturated heterocycles. The molecule has 6 nitrogen and oxygen atoms in total. The Hall–Kier alpha value is -2.47. The molecule has 0 spiro atoms. The largest absolute Gasteiger partial charge is 0.338 e. The van der Waals surface area contributed by atoms with E-state index in [2.05, 4.69) is 28.0 Å². The molecule has 2 aromatic heterocycles. The highest BCUT2D eigenvalue weighted by Gasteiger charge is 2.28. The zero-order valence-corrected chi connectivity index (χ0v) is 14.7. The zero-order chi connectivity index (χ0) is 17.8. The number of carbonyl (C=O) groups excluding carboxylic acids is 1. The zero-order valence-electron chi connectivity index (χ0n) is 14.7. The van der Waals surface area contributed by atoms with Gasteiger partial charge in [0, 0.05) is 55.9 Å². The first-order chi connectivity index (χ1) is 12.0. The monoisotopic (exact) mass is 340 g/mol. The summed E-state index contributed by atoms with van der Waals surface area (Å²) >= 11 is 0. The van der Waals surface area contributed by atoms with Gasteiger partial charge < -0.3 is 14.8 Å². The third-order valence-corrected chi connectivity index (χ3v) is 4.54. The van der Waals surface area contributed by atoms with Gasteiger partial charge in [-0.15, -0.1) is 0 Å². The molecule has 132 valence electrons. The minimum Gasteiger partial charge on any atom is -0.338 e. The molecule has 1 aliphatic rings. The van der Waals surface area contributed by atoms with Crippen LogP contribution in [0.4, 0.5) is 0 Å². The van der Waals surface area contributed by atoms with Crippen molar-refractivity contribution in [1.29, 1.82) is 0 Å². The molecule has 1 N–H and O–H groups in total. The van der Waals surface area contributed by atoms with Crippen molar-refractivity contribution in [3.05, 3.63) is 63.8 Å². The molecule has 1 aliphatic heterocycles. The summed E-state index contributed by atoms with van der Waals surface area (Å²) in [5.74, 6) is 0.403. The summed E-state index contributed by atoms with van der Waals surface area (Å²) in [5, 5.41) is 0. The molecule has 1 unspecified atom stereocenters. The van der Waals surface area contributed by atoms with Gasteiger partial charge in [-0.25, -0.2) is 0 Å². The second-order valence-electron chi connectivity index (χ2n) is 6.88. The number of hydrogen-bond donors (Lipinski definition) is 1. The molecule has 0 aromatic carbocycles. The fraction of sp³-hybridized carbons (Fsp3) is 0.421. The Morgan fingerprint density at radius 2 is 2.28 bits per heavy atom. The summed E-state index contributed by atoms with van der Waals surface area (Å²) in [5.41, 5.74) is 2.15. The first-order valence-corrected chi connectivity index (χ1v) is 8.59. The molecule has 6 heteroatoms. The predicted molar refractivity (Wildman–Crippen MR) is 96.4 cm³/mol. The number of carbonyl (C=O) groups is 1. The number of H-pyrrole nitrogens is 1. The average molecular weight is 340 g/mol. The molecule has 1 atom stereocenters. The average Bonchev–Trinajstić information content (AvgIpc) is 3.02. The minimum absolute atomic E-state index is 0.0494. The first kappa shape index (κ1) is 17.4. The number of rotatable bonds is 5. The highest BCUT2D eigenvalue weighted by molar-refractivity contribution is 5.94. The van der Waals surface area contributed by atoms with Crippen LogP contribution in [0.5, 0.6) is 0 Å². The molecule has 1 fully saturated rings. The minimum atomic E-state index is -0.227. The van der Waals surface area contributed by atoms with Gasteiger partial charge in [0.2, 0.25) is 5.56 Å². The number of aryl methyl sites for hydroxylation is 1. The van der Waals surface area contributed by atoms with Crippen LogP contribution in [0.15, 0.2) is 41.5 Å².